The van der Waals surface area contributed by atoms with Crippen LogP contribution in [-0.2, 0) is 6.42 Å². The van der Waals surface area contributed by atoms with Crippen molar-refractivity contribution in [3.05, 3.63) is 28.5 Å². The molecular weight excluding hydrogens is 284 g/mol. The van der Waals surface area contributed by atoms with Gasteiger partial charge in [-0.1, -0.05) is 0 Å². The fraction of sp³-hybridized carbons (Fsp3) is 0.182. The number of hydrogen-bond acceptors (Lipinski definition) is 4. The Hall–Kier alpha value is -1.87. The van der Waals surface area contributed by atoms with E-state index in [4.69, 9.17) is 10.00 Å². The summed E-state index contributed by atoms with van der Waals surface area (Å²) in [4.78, 5) is 4.22. The first-order valence-electron chi connectivity index (χ1n) is 4.86. The van der Waals surface area contributed by atoms with Gasteiger partial charge in [0.1, 0.15) is 11.6 Å². The highest BCUT2D eigenvalue weighted by atomic mass is 79.9. The van der Waals surface area contributed by atoms with Crippen LogP contribution in [0, 0.1) is 11.3 Å². The molecule has 1 N–H and O–H groups in total. The summed E-state index contributed by atoms with van der Waals surface area (Å²) in [5, 5.41) is 15.3. The van der Waals surface area contributed by atoms with Crippen molar-refractivity contribution in [2.24, 2.45) is 0 Å². The number of aromatic amines is 1. The Kier molecular flexibility index (Phi) is 3.40. The molecule has 1 aromatic carbocycles. The monoisotopic (exact) mass is 292 g/mol. The number of ether oxygens (including phenoxy) is 1. The van der Waals surface area contributed by atoms with E-state index in [1.165, 1.54) is 0 Å². The topological polar surface area (TPSA) is 74.6 Å². The minimum absolute atomic E-state index is 0.227. The molecule has 0 aliphatic heterocycles. The smallest absolute Gasteiger partial charge is 0.181 e. The Labute approximate surface area is 107 Å². The Morgan fingerprint density at radius 2 is 2.35 bits per heavy atom. The van der Waals surface area contributed by atoms with Crippen LogP contribution in [0.2, 0.25) is 0 Å². The van der Waals surface area contributed by atoms with E-state index in [-0.39, 0.29) is 6.42 Å². The summed E-state index contributed by atoms with van der Waals surface area (Å²) in [6.45, 7) is 0. The normalized spacial score (nSPS) is 9.94. The number of nitrogens with zero attached hydrogens (tertiary/aromatic N) is 3. The minimum Gasteiger partial charge on any atom is -0.496 e. The molecule has 2 rings (SSSR count). The van der Waals surface area contributed by atoms with Gasteiger partial charge in [-0.25, -0.2) is 4.98 Å². The molecule has 17 heavy (non-hydrogen) atoms. The molecule has 0 saturated carbocycles. The molecule has 0 spiro atoms. The van der Waals surface area contributed by atoms with Gasteiger partial charge >= 0.3 is 0 Å². The predicted octanol–water partition coefficient (Wildman–Crippen LogP) is 2.31. The third kappa shape index (κ3) is 2.45. The highest BCUT2D eigenvalue weighted by Crippen LogP contribution is 2.28. The number of hydrogen-bond donors (Lipinski definition) is 1. The maximum absolute atomic E-state index is 8.55. The van der Waals surface area contributed by atoms with E-state index in [9.17, 15) is 0 Å². The third-order valence-electron chi connectivity index (χ3n) is 2.19. The number of methoxy groups -OCH3 is 1. The maximum atomic E-state index is 8.55. The number of aromatic nitrogens is 3. The zero-order valence-corrected chi connectivity index (χ0v) is 10.7. The van der Waals surface area contributed by atoms with Crippen LogP contribution in [0.5, 0.6) is 5.75 Å². The Morgan fingerprint density at radius 3 is 3.00 bits per heavy atom. The van der Waals surface area contributed by atoms with Crippen molar-refractivity contribution < 1.29 is 4.74 Å². The number of halogens is 1. The van der Waals surface area contributed by atoms with Gasteiger partial charge in [0.2, 0.25) is 0 Å². The third-order valence-corrected chi connectivity index (χ3v) is 2.81. The fourth-order valence-electron chi connectivity index (χ4n) is 1.38. The molecule has 2 aromatic rings. The van der Waals surface area contributed by atoms with Crippen LogP contribution in [0.15, 0.2) is 22.7 Å². The SMILES string of the molecule is COc1ccc(-c2n[nH]c(CC#N)n2)cc1Br. The molecule has 0 fully saturated rings. The minimum atomic E-state index is 0.227. The quantitative estimate of drug-likeness (QED) is 0.942. The second-order valence-corrected chi connectivity index (χ2v) is 4.14. The van der Waals surface area contributed by atoms with Crippen molar-refractivity contribution in [2.75, 3.05) is 7.11 Å². The van der Waals surface area contributed by atoms with E-state index in [0.29, 0.717) is 11.6 Å². The highest BCUT2D eigenvalue weighted by molar-refractivity contribution is 9.10. The number of H-pyrrole nitrogens is 1. The molecule has 5 nitrogen and oxygen atoms in total. The lowest BCUT2D eigenvalue weighted by Gasteiger charge is -2.03. The zero-order chi connectivity index (χ0) is 12.3. The second kappa shape index (κ2) is 4.97. The van der Waals surface area contributed by atoms with Crippen molar-refractivity contribution in [2.45, 2.75) is 6.42 Å². The molecular formula is C11H9BrN4O. The molecule has 86 valence electrons. The maximum Gasteiger partial charge on any atom is 0.181 e. The second-order valence-electron chi connectivity index (χ2n) is 3.29. The van der Waals surface area contributed by atoms with Crippen molar-refractivity contribution in [1.82, 2.24) is 15.2 Å². The van der Waals surface area contributed by atoms with Crippen LogP contribution >= 0.6 is 15.9 Å². The van der Waals surface area contributed by atoms with E-state index in [2.05, 4.69) is 31.1 Å². The van der Waals surface area contributed by atoms with Crippen LogP contribution in [0.3, 0.4) is 0 Å². The van der Waals surface area contributed by atoms with Crippen LogP contribution < -0.4 is 4.74 Å². The van der Waals surface area contributed by atoms with E-state index < -0.39 is 0 Å². The zero-order valence-electron chi connectivity index (χ0n) is 9.07. The van der Waals surface area contributed by atoms with Gasteiger partial charge in [0.15, 0.2) is 5.82 Å². The van der Waals surface area contributed by atoms with Gasteiger partial charge in [0.25, 0.3) is 0 Å². The van der Waals surface area contributed by atoms with Gasteiger partial charge in [0, 0.05) is 5.56 Å². The molecule has 1 heterocycles. The molecule has 0 saturated heterocycles. The van der Waals surface area contributed by atoms with E-state index >= 15 is 0 Å². The van der Waals surface area contributed by atoms with Gasteiger partial charge in [-0.3, -0.25) is 5.10 Å². The molecule has 1 aromatic heterocycles. The van der Waals surface area contributed by atoms with Crippen LogP contribution in [0.4, 0.5) is 0 Å². The van der Waals surface area contributed by atoms with Crippen molar-refractivity contribution in [1.29, 1.82) is 5.26 Å². The molecule has 0 bridgehead atoms. The molecule has 0 radical (unpaired) electrons. The highest BCUT2D eigenvalue weighted by Gasteiger charge is 2.08. The Balaban J connectivity index is 2.33. The predicted molar refractivity (Wildman–Crippen MR) is 65.4 cm³/mol. The molecule has 0 amide bonds. The first-order chi connectivity index (χ1) is 8.24. The number of rotatable bonds is 3. The first kappa shape index (κ1) is 11.6. The summed E-state index contributed by atoms with van der Waals surface area (Å²) in [7, 11) is 1.61. The van der Waals surface area contributed by atoms with Crippen molar-refractivity contribution >= 4 is 15.9 Å². The van der Waals surface area contributed by atoms with Gasteiger partial charge in [0.05, 0.1) is 24.1 Å². The van der Waals surface area contributed by atoms with Gasteiger partial charge in [-0.15, -0.1) is 0 Å². The van der Waals surface area contributed by atoms with Crippen molar-refractivity contribution in [3.63, 3.8) is 0 Å². The van der Waals surface area contributed by atoms with E-state index in [1.807, 2.05) is 24.3 Å². The first-order valence-corrected chi connectivity index (χ1v) is 5.66. The summed E-state index contributed by atoms with van der Waals surface area (Å²) in [5.41, 5.74) is 0.859. The number of nitrogens with one attached hydrogen (secondary N) is 1. The fourth-order valence-corrected chi connectivity index (χ4v) is 1.92. The lowest BCUT2D eigenvalue weighted by Crippen LogP contribution is -1.87. The summed E-state index contributed by atoms with van der Waals surface area (Å²) in [6.07, 6.45) is 0.227. The largest absolute Gasteiger partial charge is 0.496 e. The molecule has 6 heteroatoms. The molecule has 0 aliphatic carbocycles. The number of benzene rings is 1. The molecule has 0 aliphatic rings. The van der Waals surface area contributed by atoms with Gasteiger partial charge in [-0.05, 0) is 34.1 Å². The summed E-state index contributed by atoms with van der Waals surface area (Å²) >= 11 is 3.40. The van der Waals surface area contributed by atoms with Crippen LogP contribution in [0.1, 0.15) is 5.82 Å². The van der Waals surface area contributed by atoms with E-state index in [1.54, 1.807) is 7.11 Å². The molecule has 0 atom stereocenters. The van der Waals surface area contributed by atoms with Crippen LogP contribution in [-0.4, -0.2) is 22.3 Å². The average Bonchev–Trinajstić information content (AvgIpc) is 2.78. The van der Waals surface area contributed by atoms with Gasteiger partial charge in [-0.2, -0.15) is 10.4 Å². The summed E-state index contributed by atoms with van der Waals surface area (Å²) in [5.74, 6) is 1.88. The number of nitriles is 1. The lowest BCUT2D eigenvalue weighted by molar-refractivity contribution is 0.412. The lowest BCUT2D eigenvalue weighted by atomic mass is 10.2. The van der Waals surface area contributed by atoms with Crippen molar-refractivity contribution in [3.8, 4) is 23.2 Å². The summed E-state index contributed by atoms with van der Waals surface area (Å²) in [6, 6.07) is 7.59. The Bertz CT molecular complexity index is 573. The van der Waals surface area contributed by atoms with Crippen LogP contribution in [0.25, 0.3) is 11.4 Å². The standard InChI is InChI=1S/C11H9BrN4O/c1-17-9-3-2-7(6-8(9)12)11-14-10(4-5-13)15-16-11/h2-3,6H,4H2,1H3,(H,14,15,16). The van der Waals surface area contributed by atoms with Gasteiger partial charge < -0.3 is 4.74 Å². The average molecular weight is 293 g/mol. The molecule has 0 unspecified atom stereocenters. The van der Waals surface area contributed by atoms with E-state index in [0.717, 1.165) is 15.8 Å². The summed E-state index contributed by atoms with van der Waals surface area (Å²) < 4.78 is 5.98. The Morgan fingerprint density at radius 1 is 1.53 bits per heavy atom.